The van der Waals surface area contributed by atoms with E-state index >= 15 is 0 Å². The molecule has 0 aliphatic rings. The van der Waals surface area contributed by atoms with E-state index in [0.29, 0.717) is 6.61 Å². The molecule has 0 bridgehead atoms. The van der Waals surface area contributed by atoms with Crippen molar-refractivity contribution in [2.24, 2.45) is 0 Å². The molecule has 0 radical (unpaired) electrons. The van der Waals surface area contributed by atoms with Crippen molar-refractivity contribution in [1.29, 1.82) is 0 Å². The highest BCUT2D eigenvalue weighted by Crippen LogP contribution is 2.12. The van der Waals surface area contributed by atoms with Crippen LogP contribution in [0.4, 0.5) is 0 Å². The Labute approximate surface area is 97.1 Å². The van der Waals surface area contributed by atoms with Gasteiger partial charge in [0.2, 0.25) is 0 Å². The minimum Gasteiger partial charge on any atom is -0.488 e. The van der Waals surface area contributed by atoms with Gasteiger partial charge in [-0.1, -0.05) is 18.2 Å². The SMILES string of the molecule is CC(=O)/C=C(\I)COc1ccccc1. The normalized spacial score (nSPS) is 11.1. The molecule has 0 aliphatic carbocycles. The molecule has 0 saturated heterocycles. The molecule has 0 atom stereocenters. The second-order valence-corrected chi connectivity index (χ2v) is 4.19. The van der Waals surface area contributed by atoms with Crippen molar-refractivity contribution in [3.63, 3.8) is 0 Å². The lowest BCUT2D eigenvalue weighted by atomic mass is 10.3. The molecule has 1 rings (SSSR count). The van der Waals surface area contributed by atoms with E-state index in [1.807, 2.05) is 30.3 Å². The number of benzene rings is 1. The van der Waals surface area contributed by atoms with Gasteiger partial charge in [-0.3, -0.25) is 4.79 Å². The van der Waals surface area contributed by atoms with Gasteiger partial charge in [-0.25, -0.2) is 0 Å². The molecule has 1 aromatic rings. The van der Waals surface area contributed by atoms with E-state index in [1.165, 1.54) is 6.92 Å². The number of carbonyl (C=O) groups excluding carboxylic acids is 1. The zero-order valence-corrected chi connectivity index (χ0v) is 10.0. The standard InChI is InChI=1S/C11H11IO2/c1-9(13)7-10(12)8-14-11-5-3-2-4-6-11/h2-7H,8H2,1H3/b10-7-. The first-order valence-corrected chi connectivity index (χ1v) is 5.31. The van der Waals surface area contributed by atoms with Gasteiger partial charge in [0.1, 0.15) is 12.4 Å². The third-order valence-corrected chi connectivity index (χ3v) is 2.10. The van der Waals surface area contributed by atoms with Crippen molar-refractivity contribution in [3.8, 4) is 5.75 Å². The number of allylic oxidation sites excluding steroid dienone is 1. The molecule has 0 saturated carbocycles. The molecule has 1 aromatic carbocycles. The molecule has 3 heteroatoms. The van der Waals surface area contributed by atoms with Crippen LogP contribution in [-0.2, 0) is 4.79 Å². The van der Waals surface area contributed by atoms with Crippen molar-refractivity contribution in [1.82, 2.24) is 0 Å². The molecule has 0 spiro atoms. The van der Waals surface area contributed by atoms with Gasteiger partial charge in [-0.15, -0.1) is 0 Å². The number of carbonyl (C=O) groups is 1. The number of ketones is 1. The summed E-state index contributed by atoms with van der Waals surface area (Å²) in [5.74, 6) is 0.865. The molecular weight excluding hydrogens is 291 g/mol. The van der Waals surface area contributed by atoms with Crippen LogP contribution in [0.15, 0.2) is 40.0 Å². The van der Waals surface area contributed by atoms with Crippen LogP contribution < -0.4 is 4.74 Å². The van der Waals surface area contributed by atoms with E-state index in [4.69, 9.17) is 4.74 Å². The fourth-order valence-electron chi connectivity index (χ4n) is 0.931. The highest BCUT2D eigenvalue weighted by molar-refractivity contribution is 14.1. The van der Waals surface area contributed by atoms with Crippen LogP contribution in [0.2, 0.25) is 0 Å². The quantitative estimate of drug-likeness (QED) is 0.631. The molecule has 0 N–H and O–H groups in total. The summed E-state index contributed by atoms with van der Waals surface area (Å²) in [6.45, 7) is 1.98. The van der Waals surface area contributed by atoms with Crippen molar-refractivity contribution in [2.45, 2.75) is 6.92 Å². The summed E-state index contributed by atoms with van der Waals surface area (Å²) in [5, 5.41) is 0. The second-order valence-electron chi connectivity index (χ2n) is 2.80. The van der Waals surface area contributed by atoms with Gasteiger partial charge in [0, 0.05) is 3.58 Å². The summed E-state index contributed by atoms with van der Waals surface area (Å²) in [6, 6.07) is 9.53. The first kappa shape index (κ1) is 11.2. The van der Waals surface area contributed by atoms with Gasteiger partial charge in [-0.05, 0) is 47.7 Å². The molecule has 0 aromatic heterocycles. The summed E-state index contributed by atoms with van der Waals surface area (Å²) in [5.41, 5.74) is 0. The largest absolute Gasteiger partial charge is 0.488 e. The number of para-hydroxylation sites is 1. The summed E-state index contributed by atoms with van der Waals surface area (Å²) in [4.78, 5) is 10.7. The Morgan fingerprint density at radius 3 is 2.64 bits per heavy atom. The van der Waals surface area contributed by atoms with Gasteiger partial charge in [-0.2, -0.15) is 0 Å². The fourth-order valence-corrected chi connectivity index (χ4v) is 1.53. The van der Waals surface area contributed by atoms with Gasteiger partial charge in [0.15, 0.2) is 5.78 Å². The monoisotopic (exact) mass is 302 g/mol. The van der Waals surface area contributed by atoms with E-state index in [-0.39, 0.29) is 5.78 Å². The first-order chi connectivity index (χ1) is 6.68. The minimum atomic E-state index is 0.0473. The molecular formula is C11H11IO2. The molecule has 0 amide bonds. The number of ether oxygens (including phenoxy) is 1. The Morgan fingerprint density at radius 2 is 2.07 bits per heavy atom. The van der Waals surface area contributed by atoms with Crippen molar-refractivity contribution in [3.05, 3.63) is 40.0 Å². The summed E-state index contributed by atoms with van der Waals surface area (Å²) in [7, 11) is 0. The molecule has 0 aliphatic heterocycles. The Bertz CT molecular complexity index is 330. The van der Waals surface area contributed by atoms with Crippen molar-refractivity contribution in [2.75, 3.05) is 6.61 Å². The Kier molecular flexibility index (Phi) is 4.65. The topological polar surface area (TPSA) is 26.3 Å². The lowest BCUT2D eigenvalue weighted by Crippen LogP contribution is -1.98. The predicted octanol–water partition coefficient (Wildman–Crippen LogP) is 2.97. The van der Waals surface area contributed by atoms with Crippen LogP contribution in [-0.4, -0.2) is 12.4 Å². The average Bonchev–Trinajstić information content (AvgIpc) is 2.15. The van der Waals surface area contributed by atoms with Crippen molar-refractivity contribution >= 4 is 28.4 Å². The lowest BCUT2D eigenvalue weighted by molar-refractivity contribution is -0.112. The molecule has 0 unspecified atom stereocenters. The Hall–Kier alpha value is -0.840. The van der Waals surface area contributed by atoms with Crippen LogP contribution in [0.1, 0.15) is 6.92 Å². The predicted molar refractivity (Wildman–Crippen MR) is 64.7 cm³/mol. The lowest BCUT2D eigenvalue weighted by Gasteiger charge is -2.04. The number of halogens is 1. The van der Waals surface area contributed by atoms with Crippen LogP contribution in [0, 0.1) is 0 Å². The Morgan fingerprint density at radius 1 is 1.43 bits per heavy atom. The maximum atomic E-state index is 10.7. The van der Waals surface area contributed by atoms with Gasteiger partial charge in [0.05, 0.1) is 0 Å². The number of hydrogen-bond acceptors (Lipinski definition) is 2. The number of hydrogen-bond donors (Lipinski definition) is 0. The van der Waals surface area contributed by atoms with Gasteiger partial charge < -0.3 is 4.74 Å². The van der Waals surface area contributed by atoms with Gasteiger partial charge in [0.25, 0.3) is 0 Å². The zero-order valence-electron chi connectivity index (χ0n) is 7.87. The zero-order chi connectivity index (χ0) is 10.4. The van der Waals surface area contributed by atoms with E-state index in [9.17, 15) is 4.79 Å². The van der Waals surface area contributed by atoms with E-state index in [1.54, 1.807) is 6.08 Å². The van der Waals surface area contributed by atoms with E-state index in [2.05, 4.69) is 22.6 Å². The third kappa shape index (κ3) is 4.41. The summed E-state index contributed by atoms with van der Waals surface area (Å²) < 4.78 is 6.34. The average molecular weight is 302 g/mol. The number of rotatable bonds is 4. The Balaban J connectivity index is 2.45. The molecule has 74 valence electrons. The molecule has 14 heavy (non-hydrogen) atoms. The first-order valence-electron chi connectivity index (χ1n) is 4.23. The third-order valence-electron chi connectivity index (χ3n) is 1.48. The van der Waals surface area contributed by atoms with Gasteiger partial charge >= 0.3 is 0 Å². The molecule has 2 nitrogen and oxygen atoms in total. The fraction of sp³-hybridized carbons (Fsp3) is 0.182. The summed E-state index contributed by atoms with van der Waals surface area (Å²) >= 11 is 2.10. The highest BCUT2D eigenvalue weighted by atomic mass is 127. The highest BCUT2D eigenvalue weighted by Gasteiger charge is 1.96. The van der Waals surface area contributed by atoms with Crippen LogP contribution in [0.25, 0.3) is 0 Å². The maximum Gasteiger partial charge on any atom is 0.153 e. The molecule has 0 heterocycles. The second kappa shape index (κ2) is 5.80. The molecule has 0 fully saturated rings. The van der Waals surface area contributed by atoms with Crippen LogP contribution >= 0.6 is 22.6 Å². The van der Waals surface area contributed by atoms with Crippen LogP contribution in [0.3, 0.4) is 0 Å². The minimum absolute atomic E-state index is 0.0473. The van der Waals surface area contributed by atoms with E-state index < -0.39 is 0 Å². The van der Waals surface area contributed by atoms with E-state index in [0.717, 1.165) is 9.33 Å². The summed E-state index contributed by atoms with van der Waals surface area (Å²) in [6.07, 6.45) is 1.57. The van der Waals surface area contributed by atoms with Crippen molar-refractivity contribution < 1.29 is 9.53 Å². The van der Waals surface area contributed by atoms with Crippen LogP contribution in [0.5, 0.6) is 5.75 Å². The smallest absolute Gasteiger partial charge is 0.153 e. The maximum absolute atomic E-state index is 10.7.